The van der Waals surface area contributed by atoms with Gasteiger partial charge in [-0.15, -0.1) is 0 Å². The van der Waals surface area contributed by atoms with Crippen LogP contribution in [0.3, 0.4) is 0 Å². The predicted molar refractivity (Wildman–Crippen MR) is 88.2 cm³/mol. The fraction of sp³-hybridized carbons (Fsp3) is 0.588. The monoisotopic (exact) mass is 336 g/mol. The number of rotatable bonds is 7. The van der Waals surface area contributed by atoms with Crippen LogP contribution in [-0.4, -0.2) is 38.4 Å². The van der Waals surface area contributed by atoms with Crippen molar-refractivity contribution in [1.82, 2.24) is 9.62 Å². The van der Waals surface area contributed by atoms with E-state index in [1.165, 1.54) is 37.8 Å². The van der Waals surface area contributed by atoms with Gasteiger partial charge in [-0.2, -0.15) is 4.72 Å². The lowest BCUT2D eigenvalue weighted by atomic mass is 10.1. The molecule has 5 nitrogen and oxygen atoms in total. The van der Waals surface area contributed by atoms with Crippen molar-refractivity contribution in [2.24, 2.45) is 11.8 Å². The second kappa shape index (κ2) is 6.24. The number of sulfonamides is 1. The van der Waals surface area contributed by atoms with E-state index in [2.05, 4.69) is 4.72 Å². The molecule has 0 radical (unpaired) electrons. The molecule has 2 aliphatic carbocycles. The highest BCUT2D eigenvalue weighted by Crippen LogP contribution is 2.46. The second-order valence-corrected chi connectivity index (χ2v) is 8.48. The van der Waals surface area contributed by atoms with Crippen LogP contribution in [0.5, 0.6) is 0 Å². The molecule has 1 aromatic rings. The fourth-order valence-corrected chi connectivity index (χ4v) is 4.51. The summed E-state index contributed by atoms with van der Waals surface area (Å²) in [4.78, 5) is 14.6. The summed E-state index contributed by atoms with van der Waals surface area (Å²) in [6.07, 6.45) is 4.73. The molecule has 2 saturated carbocycles. The molecule has 1 amide bonds. The summed E-state index contributed by atoms with van der Waals surface area (Å²) in [5, 5.41) is 0. The maximum atomic E-state index is 12.7. The molecule has 0 unspecified atom stereocenters. The second-order valence-electron chi connectivity index (χ2n) is 6.77. The molecular formula is C17H24N2O3S. The van der Waals surface area contributed by atoms with Crippen LogP contribution in [-0.2, 0) is 14.8 Å². The van der Waals surface area contributed by atoms with E-state index in [-0.39, 0.29) is 16.8 Å². The normalized spacial score (nSPS) is 19.6. The average Bonchev–Trinajstić information content (AvgIpc) is 3.41. The van der Waals surface area contributed by atoms with Gasteiger partial charge < -0.3 is 4.90 Å². The minimum absolute atomic E-state index is 0.145. The van der Waals surface area contributed by atoms with E-state index in [1.54, 1.807) is 30.0 Å². The average molecular weight is 336 g/mol. The molecule has 0 aromatic heterocycles. The third-order valence-electron chi connectivity index (χ3n) is 4.76. The SMILES string of the molecule is C[C@H](NS(=O)(=O)c1ccccc1)C(=O)N(C)C(C1CC1)C1CC1. The molecular weight excluding hydrogens is 312 g/mol. The zero-order chi connectivity index (χ0) is 16.6. The smallest absolute Gasteiger partial charge is 0.241 e. The van der Waals surface area contributed by atoms with E-state index < -0.39 is 16.1 Å². The summed E-state index contributed by atoms with van der Waals surface area (Å²) in [5.74, 6) is 1.07. The molecule has 0 heterocycles. The maximum Gasteiger partial charge on any atom is 0.241 e. The van der Waals surface area contributed by atoms with E-state index in [0.717, 1.165) is 0 Å². The zero-order valence-corrected chi connectivity index (χ0v) is 14.4. The molecule has 1 aromatic carbocycles. The Kier molecular flexibility index (Phi) is 4.47. The molecule has 6 heteroatoms. The third kappa shape index (κ3) is 3.75. The first-order valence-corrected chi connectivity index (χ1v) is 9.72. The topological polar surface area (TPSA) is 66.5 Å². The standard InChI is InChI=1S/C17H24N2O3S/c1-12(18-23(21,22)15-6-4-3-5-7-15)17(20)19(2)16(13-8-9-13)14-10-11-14/h3-7,12-14,16,18H,8-11H2,1-2H3/t12-/m0/s1. The van der Waals surface area contributed by atoms with E-state index in [0.29, 0.717) is 11.8 Å². The Labute approximate surface area is 138 Å². The van der Waals surface area contributed by atoms with Crippen molar-refractivity contribution < 1.29 is 13.2 Å². The van der Waals surface area contributed by atoms with Crippen LogP contribution in [0.15, 0.2) is 35.2 Å². The predicted octanol–water partition coefficient (Wildman–Crippen LogP) is 2.00. The fourth-order valence-electron chi connectivity index (χ4n) is 3.30. The third-order valence-corrected chi connectivity index (χ3v) is 6.32. The van der Waals surface area contributed by atoms with Crippen molar-refractivity contribution >= 4 is 15.9 Å². The van der Waals surface area contributed by atoms with Crippen molar-refractivity contribution in [3.63, 3.8) is 0 Å². The molecule has 0 saturated heterocycles. The Bertz CT molecular complexity index is 654. The van der Waals surface area contributed by atoms with Crippen LogP contribution in [0, 0.1) is 11.8 Å². The molecule has 23 heavy (non-hydrogen) atoms. The molecule has 0 spiro atoms. The number of nitrogens with one attached hydrogen (secondary N) is 1. The van der Waals surface area contributed by atoms with E-state index in [1.807, 2.05) is 7.05 Å². The Balaban J connectivity index is 1.67. The summed E-state index contributed by atoms with van der Waals surface area (Å²) in [5.41, 5.74) is 0. The van der Waals surface area contributed by atoms with Crippen LogP contribution in [0.25, 0.3) is 0 Å². The van der Waals surface area contributed by atoms with Gasteiger partial charge in [-0.05, 0) is 56.6 Å². The number of likely N-dealkylation sites (N-methyl/N-ethyl adjacent to an activating group) is 1. The summed E-state index contributed by atoms with van der Waals surface area (Å²) < 4.78 is 27.2. The summed E-state index contributed by atoms with van der Waals surface area (Å²) >= 11 is 0. The van der Waals surface area contributed by atoms with E-state index >= 15 is 0 Å². The first kappa shape index (κ1) is 16.5. The maximum absolute atomic E-state index is 12.7. The van der Waals surface area contributed by atoms with Gasteiger partial charge in [-0.1, -0.05) is 18.2 Å². The molecule has 2 fully saturated rings. The first-order chi connectivity index (χ1) is 10.9. The van der Waals surface area contributed by atoms with Crippen molar-refractivity contribution in [3.05, 3.63) is 30.3 Å². The number of carbonyl (C=O) groups is 1. The van der Waals surface area contributed by atoms with Gasteiger partial charge in [0.15, 0.2) is 0 Å². The lowest BCUT2D eigenvalue weighted by molar-refractivity contribution is -0.134. The van der Waals surface area contributed by atoms with E-state index in [9.17, 15) is 13.2 Å². The molecule has 0 aliphatic heterocycles. The van der Waals surface area contributed by atoms with Crippen LogP contribution in [0.2, 0.25) is 0 Å². The lowest BCUT2D eigenvalue weighted by Gasteiger charge is -2.31. The highest BCUT2D eigenvalue weighted by atomic mass is 32.2. The van der Waals surface area contributed by atoms with Gasteiger partial charge in [0, 0.05) is 13.1 Å². The van der Waals surface area contributed by atoms with Crippen molar-refractivity contribution in [3.8, 4) is 0 Å². The zero-order valence-electron chi connectivity index (χ0n) is 13.6. The van der Waals surface area contributed by atoms with E-state index in [4.69, 9.17) is 0 Å². The number of benzene rings is 1. The van der Waals surface area contributed by atoms with Crippen LogP contribution < -0.4 is 4.72 Å². The quantitative estimate of drug-likeness (QED) is 0.828. The Morgan fingerprint density at radius 3 is 2.13 bits per heavy atom. The molecule has 126 valence electrons. The molecule has 0 bridgehead atoms. The molecule has 1 atom stereocenters. The van der Waals surface area contributed by atoms with Gasteiger partial charge in [0.1, 0.15) is 0 Å². The summed E-state index contributed by atoms with van der Waals surface area (Å²) in [6.45, 7) is 1.62. The number of nitrogens with zero attached hydrogens (tertiary/aromatic N) is 1. The van der Waals surface area contributed by atoms with Crippen LogP contribution in [0.1, 0.15) is 32.6 Å². The van der Waals surface area contributed by atoms with Gasteiger partial charge in [-0.3, -0.25) is 4.79 Å². The van der Waals surface area contributed by atoms with Gasteiger partial charge in [0.2, 0.25) is 15.9 Å². The highest BCUT2D eigenvalue weighted by molar-refractivity contribution is 7.89. The number of hydrogen-bond donors (Lipinski definition) is 1. The van der Waals surface area contributed by atoms with Gasteiger partial charge in [0.25, 0.3) is 0 Å². The van der Waals surface area contributed by atoms with Crippen LogP contribution in [0.4, 0.5) is 0 Å². The summed E-state index contributed by atoms with van der Waals surface area (Å²) in [7, 11) is -1.85. The largest absolute Gasteiger partial charge is 0.341 e. The van der Waals surface area contributed by atoms with Gasteiger partial charge in [0.05, 0.1) is 10.9 Å². The minimum Gasteiger partial charge on any atom is -0.341 e. The number of amides is 1. The number of carbonyl (C=O) groups excluding carboxylic acids is 1. The van der Waals surface area contributed by atoms with Crippen molar-refractivity contribution in [1.29, 1.82) is 0 Å². The molecule has 3 rings (SSSR count). The Morgan fingerprint density at radius 1 is 1.13 bits per heavy atom. The van der Waals surface area contributed by atoms with Crippen LogP contribution >= 0.6 is 0 Å². The van der Waals surface area contributed by atoms with Crippen molar-refractivity contribution in [2.75, 3.05) is 7.05 Å². The molecule has 2 aliphatic rings. The Morgan fingerprint density at radius 2 is 1.65 bits per heavy atom. The minimum atomic E-state index is -3.67. The van der Waals surface area contributed by atoms with Crippen molar-refractivity contribution in [2.45, 2.75) is 49.6 Å². The van der Waals surface area contributed by atoms with Gasteiger partial charge >= 0.3 is 0 Å². The molecule has 1 N–H and O–H groups in total. The Hall–Kier alpha value is -1.40. The number of hydrogen-bond acceptors (Lipinski definition) is 3. The summed E-state index contributed by atoms with van der Waals surface area (Å²) in [6, 6.07) is 7.68. The lowest BCUT2D eigenvalue weighted by Crippen LogP contribution is -2.50. The highest BCUT2D eigenvalue weighted by Gasteiger charge is 2.45. The van der Waals surface area contributed by atoms with Gasteiger partial charge in [-0.25, -0.2) is 8.42 Å². The first-order valence-electron chi connectivity index (χ1n) is 8.24.